The zero-order valence-electron chi connectivity index (χ0n) is 8.57. The van der Waals surface area contributed by atoms with E-state index in [-0.39, 0.29) is 5.28 Å². The summed E-state index contributed by atoms with van der Waals surface area (Å²) in [7, 11) is 0. The van der Waals surface area contributed by atoms with Crippen molar-refractivity contribution in [2.45, 2.75) is 13.8 Å². The number of aromatic nitrogens is 3. The van der Waals surface area contributed by atoms with Gasteiger partial charge in [0.1, 0.15) is 0 Å². The normalized spacial score (nSPS) is 10.9. The highest BCUT2D eigenvalue weighted by atomic mass is 35.5. The fourth-order valence-electron chi connectivity index (χ4n) is 1.33. The van der Waals surface area contributed by atoms with Gasteiger partial charge in [-0.1, -0.05) is 11.3 Å². The van der Waals surface area contributed by atoms with Crippen LogP contribution >= 0.6 is 22.9 Å². The van der Waals surface area contributed by atoms with Gasteiger partial charge in [0, 0.05) is 13.1 Å². The molecule has 0 aliphatic heterocycles. The third kappa shape index (κ3) is 2.03. The lowest BCUT2D eigenvalue weighted by Crippen LogP contribution is -2.21. The van der Waals surface area contributed by atoms with Crippen LogP contribution < -0.4 is 4.90 Å². The molecule has 6 heteroatoms. The zero-order valence-corrected chi connectivity index (χ0v) is 10.1. The van der Waals surface area contributed by atoms with Crippen LogP contribution in [0.5, 0.6) is 0 Å². The van der Waals surface area contributed by atoms with Gasteiger partial charge in [0.15, 0.2) is 10.8 Å². The van der Waals surface area contributed by atoms with Gasteiger partial charge in [0.05, 0.1) is 10.9 Å². The summed E-state index contributed by atoms with van der Waals surface area (Å²) >= 11 is 7.30. The monoisotopic (exact) mass is 242 g/mol. The molecule has 0 atom stereocenters. The minimum atomic E-state index is 0.249. The third-order valence-corrected chi connectivity index (χ3v) is 3.37. The lowest BCUT2D eigenvalue weighted by atomic mass is 10.6. The number of halogens is 1. The Morgan fingerprint density at radius 3 is 2.73 bits per heavy atom. The van der Waals surface area contributed by atoms with E-state index in [0.29, 0.717) is 5.65 Å². The summed E-state index contributed by atoms with van der Waals surface area (Å²) in [5.74, 6) is 0. The molecule has 0 saturated heterocycles. The number of hydrogen-bond donors (Lipinski definition) is 0. The molecule has 0 saturated carbocycles. The maximum atomic E-state index is 5.70. The van der Waals surface area contributed by atoms with E-state index in [4.69, 9.17) is 11.6 Å². The van der Waals surface area contributed by atoms with E-state index < -0.39 is 0 Å². The Morgan fingerprint density at radius 2 is 2.07 bits per heavy atom. The molecule has 2 rings (SSSR count). The van der Waals surface area contributed by atoms with Crippen LogP contribution in [0.15, 0.2) is 6.20 Å². The second-order valence-electron chi connectivity index (χ2n) is 3.00. The SMILES string of the molecule is CCN(CC)c1nc2nc(Cl)ncc2s1. The van der Waals surface area contributed by atoms with E-state index in [1.165, 1.54) is 0 Å². The lowest BCUT2D eigenvalue weighted by Gasteiger charge is -2.15. The molecule has 2 aromatic rings. The maximum absolute atomic E-state index is 5.70. The van der Waals surface area contributed by atoms with Crippen LogP contribution in [-0.4, -0.2) is 28.0 Å². The molecule has 0 aromatic carbocycles. The lowest BCUT2D eigenvalue weighted by molar-refractivity contribution is 0.861. The summed E-state index contributed by atoms with van der Waals surface area (Å²) in [4.78, 5) is 14.6. The summed E-state index contributed by atoms with van der Waals surface area (Å²) in [6.45, 7) is 6.09. The Labute approximate surface area is 96.9 Å². The second-order valence-corrected chi connectivity index (χ2v) is 4.34. The highest BCUT2D eigenvalue weighted by molar-refractivity contribution is 7.22. The largest absolute Gasteiger partial charge is 0.349 e. The van der Waals surface area contributed by atoms with Gasteiger partial charge in [0.2, 0.25) is 5.28 Å². The summed E-state index contributed by atoms with van der Waals surface area (Å²) in [6.07, 6.45) is 1.72. The van der Waals surface area contributed by atoms with E-state index in [0.717, 1.165) is 22.9 Å². The van der Waals surface area contributed by atoms with Crippen molar-refractivity contribution in [1.82, 2.24) is 15.0 Å². The summed E-state index contributed by atoms with van der Waals surface area (Å²) in [6, 6.07) is 0. The first kappa shape index (κ1) is 10.6. The molecule has 0 fully saturated rings. The molecule has 2 aromatic heterocycles. The van der Waals surface area contributed by atoms with Gasteiger partial charge in [-0.05, 0) is 25.4 Å². The smallest absolute Gasteiger partial charge is 0.224 e. The van der Waals surface area contributed by atoms with Crippen LogP contribution in [0, 0.1) is 0 Å². The molecule has 15 heavy (non-hydrogen) atoms. The van der Waals surface area contributed by atoms with Crippen LogP contribution in [0.1, 0.15) is 13.8 Å². The van der Waals surface area contributed by atoms with Crippen molar-refractivity contribution in [3.05, 3.63) is 11.5 Å². The topological polar surface area (TPSA) is 41.9 Å². The highest BCUT2D eigenvalue weighted by Gasteiger charge is 2.10. The van der Waals surface area contributed by atoms with E-state index >= 15 is 0 Å². The first-order chi connectivity index (χ1) is 7.24. The average Bonchev–Trinajstić information content (AvgIpc) is 2.62. The number of anilines is 1. The maximum Gasteiger partial charge on any atom is 0.224 e. The van der Waals surface area contributed by atoms with Gasteiger partial charge in [0.25, 0.3) is 0 Å². The number of fused-ring (bicyclic) bond motifs is 1. The molecule has 80 valence electrons. The van der Waals surface area contributed by atoms with Crippen LogP contribution in [0.25, 0.3) is 10.3 Å². The molecule has 0 spiro atoms. The zero-order chi connectivity index (χ0) is 10.8. The second kappa shape index (κ2) is 4.28. The summed E-state index contributed by atoms with van der Waals surface area (Å²) in [5, 5.41) is 1.23. The summed E-state index contributed by atoms with van der Waals surface area (Å²) in [5.41, 5.74) is 0.682. The van der Waals surface area contributed by atoms with Crippen molar-refractivity contribution >= 4 is 38.4 Å². The van der Waals surface area contributed by atoms with Crippen molar-refractivity contribution in [2.24, 2.45) is 0 Å². The minimum absolute atomic E-state index is 0.249. The quantitative estimate of drug-likeness (QED) is 0.776. The van der Waals surface area contributed by atoms with Gasteiger partial charge in [-0.3, -0.25) is 0 Å². The fraction of sp³-hybridized carbons (Fsp3) is 0.444. The van der Waals surface area contributed by atoms with Gasteiger partial charge < -0.3 is 4.90 Å². The molecule has 0 amide bonds. The Bertz CT molecular complexity index is 466. The van der Waals surface area contributed by atoms with Gasteiger partial charge in [-0.2, -0.15) is 9.97 Å². The van der Waals surface area contributed by atoms with Crippen molar-refractivity contribution < 1.29 is 0 Å². The van der Waals surface area contributed by atoms with Crippen molar-refractivity contribution in [1.29, 1.82) is 0 Å². The molecule has 4 nitrogen and oxygen atoms in total. The molecule has 0 unspecified atom stereocenters. The van der Waals surface area contributed by atoms with E-state index in [1.807, 2.05) is 0 Å². The standard InChI is InChI=1S/C9H11ClN4S/c1-3-14(4-2)9-13-7-6(15-9)5-11-8(10)12-7/h5H,3-4H2,1-2H3. The van der Waals surface area contributed by atoms with E-state index in [1.54, 1.807) is 17.5 Å². The van der Waals surface area contributed by atoms with Crippen LogP contribution in [0.2, 0.25) is 5.28 Å². The third-order valence-electron chi connectivity index (χ3n) is 2.14. The fourth-order valence-corrected chi connectivity index (χ4v) is 2.47. The predicted octanol–water partition coefficient (Wildman–Crippen LogP) is 2.59. The Balaban J connectivity index is 2.46. The van der Waals surface area contributed by atoms with Crippen molar-refractivity contribution in [3.8, 4) is 0 Å². The number of rotatable bonds is 3. The van der Waals surface area contributed by atoms with Crippen LogP contribution in [0.4, 0.5) is 5.13 Å². The van der Waals surface area contributed by atoms with Crippen molar-refractivity contribution in [3.63, 3.8) is 0 Å². The van der Waals surface area contributed by atoms with Gasteiger partial charge >= 0.3 is 0 Å². The van der Waals surface area contributed by atoms with Gasteiger partial charge in [-0.25, -0.2) is 4.98 Å². The Hall–Kier alpha value is -0.940. The summed E-state index contributed by atoms with van der Waals surface area (Å²) < 4.78 is 0.973. The molecule has 0 radical (unpaired) electrons. The molecule has 2 heterocycles. The average molecular weight is 243 g/mol. The highest BCUT2D eigenvalue weighted by Crippen LogP contribution is 2.27. The molecule has 0 bridgehead atoms. The Kier molecular flexibility index (Phi) is 3.02. The molecule has 0 N–H and O–H groups in total. The first-order valence-corrected chi connectivity index (χ1v) is 5.98. The van der Waals surface area contributed by atoms with Crippen LogP contribution in [0.3, 0.4) is 0 Å². The number of thiazole rings is 1. The number of hydrogen-bond acceptors (Lipinski definition) is 5. The minimum Gasteiger partial charge on any atom is -0.349 e. The molecular weight excluding hydrogens is 232 g/mol. The number of nitrogens with zero attached hydrogens (tertiary/aromatic N) is 4. The van der Waals surface area contributed by atoms with Crippen LogP contribution in [-0.2, 0) is 0 Å². The molecule has 0 aliphatic carbocycles. The van der Waals surface area contributed by atoms with Crippen molar-refractivity contribution in [2.75, 3.05) is 18.0 Å². The molecular formula is C9H11ClN4S. The molecule has 0 aliphatic rings. The van der Waals surface area contributed by atoms with Gasteiger partial charge in [-0.15, -0.1) is 0 Å². The van der Waals surface area contributed by atoms with E-state index in [2.05, 4.69) is 33.7 Å². The predicted molar refractivity (Wildman–Crippen MR) is 63.8 cm³/mol. The Morgan fingerprint density at radius 1 is 1.33 bits per heavy atom. The first-order valence-electron chi connectivity index (χ1n) is 4.78. The van der Waals surface area contributed by atoms with E-state index in [9.17, 15) is 0 Å².